The maximum atomic E-state index is 11.3. The van der Waals surface area contributed by atoms with Crippen molar-refractivity contribution in [2.24, 2.45) is 5.84 Å². The standard InChI is InChI=1S/C15H18N2O3/c1-9-4-10(2)11(3)14(5-9)20-8-13-6-12(7-19-13)15(18)17-16/h4-7H,8,16H2,1-3H3,(H,17,18). The smallest absolute Gasteiger partial charge is 0.268 e. The van der Waals surface area contributed by atoms with Gasteiger partial charge in [0.25, 0.3) is 5.91 Å². The van der Waals surface area contributed by atoms with Crippen molar-refractivity contribution in [3.8, 4) is 5.75 Å². The van der Waals surface area contributed by atoms with E-state index in [1.54, 1.807) is 6.07 Å². The molecule has 20 heavy (non-hydrogen) atoms. The molecule has 106 valence electrons. The summed E-state index contributed by atoms with van der Waals surface area (Å²) in [5, 5.41) is 0. The lowest BCUT2D eigenvalue weighted by Crippen LogP contribution is -2.29. The van der Waals surface area contributed by atoms with Gasteiger partial charge in [0, 0.05) is 0 Å². The number of amides is 1. The fraction of sp³-hybridized carbons (Fsp3) is 0.267. The number of aryl methyl sites for hydroxylation is 2. The van der Waals surface area contributed by atoms with Crippen LogP contribution in [0.5, 0.6) is 5.75 Å². The van der Waals surface area contributed by atoms with Crippen LogP contribution in [0.4, 0.5) is 0 Å². The highest BCUT2D eigenvalue weighted by Crippen LogP contribution is 2.24. The van der Waals surface area contributed by atoms with Crippen molar-refractivity contribution < 1.29 is 13.9 Å². The summed E-state index contributed by atoms with van der Waals surface area (Å²) in [6, 6.07) is 5.71. The molecule has 0 fully saturated rings. The molecule has 5 heteroatoms. The lowest BCUT2D eigenvalue weighted by atomic mass is 10.1. The molecule has 2 rings (SSSR count). The predicted octanol–water partition coefficient (Wildman–Crippen LogP) is 2.39. The molecule has 5 nitrogen and oxygen atoms in total. The Morgan fingerprint density at radius 1 is 1.30 bits per heavy atom. The third-order valence-corrected chi connectivity index (χ3v) is 3.18. The minimum atomic E-state index is -0.386. The van der Waals surface area contributed by atoms with Crippen LogP contribution >= 0.6 is 0 Å². The van der Waals surface area contributed by atoms with Gasteiger partial charge in [0.2, 0.25) is 0 Å². The molecule has 1 aromatic heterocycles. The normalized spacial score (nSPS) is 10.4. The van der Waals surface area contributed by atoms with Gasteiger partial charge in [0.1, 0.15) is 24.4 Å². The van der Waals surface area contributed by atoms with Gasteiger partial charge in [-0.25, -0.2) is 5.84 Å². The highest BCUT2D eigenvalue weighted by molar-refractivity contribution is 5.93. The third kappa shape index (κ3) is 3.00. The molecule has 0 atom stereocenters. The van der Waals surface area contributed by atoms with E-state index in [4.69, 9.17) is 15.0 Å². The first kappa shape index (κ1) is 14.1. The van der Waals surface area contributed by atoms with Crippen LogP contribution in [-0.4, -0.2) is 5.91 Å². The summed E-state index contributed by atoms with van der Waals surface area (Å²) in [5.41, 5.74) is 5.86. The van der Waals surface area contributed by atoms with E-state index in [9.17, 15) is 4.79 Å². The molecule has 2 aromatic rings. The monoisotopic (exact) mass is 274 g/mol. The van der Waals surface area contributed by atoms with Crippen molar-refractivity contribution in [3.63, 3.8) is 0 Å². The van der Waals surface area contributed by atoms with Gasteiger partial charge in [-0.15, -0.1) is 0 Å². The summed E-state index contributed by atoms with van der Waals surface area (Å²) in [6.45, 7) is 6.35. The van der Waals surface area contributed by atoms with Crippen LogP contribution in [0.25, 0.3) is 0 Å². The second-order valence-electron chi connectivity index (χ2n) is 4.77. The summed E-state index contributed by atoms with van der Waals surface area (Å²) in [7, 11) is 0. The Kier molecular flexibility index (Phi) is 4.10. The van der Waals surface area contributed by atoms with Gasteiger partial charge in [0.05, 0.1) is 5.56 Å². The number of hydrazine groups is 1. The second-order valence-corrected chi connectivity index (χ2v) is 4.77. The molecule has 1 aromatic carbocycles. The SMILES string of the molecule is Cc1cc(C)c(C)c(OCc2cc(C(=O)NN)co2)c1. The third-order valence-electron chi connectivity index (χ3n) is 3.18. The summed E-state index contributed by atoms with van der Waals surface area (Å²) in [6.07, 6.45) is 1.36. The zero-order valence-corrected chi connectivity index (χ0v) is 11.8. The first-order valence-electron chi connectivity index (χ1n) is 6.30. The Morgan fingerprint density at radius 2 is 2.05 bits per heavy atom. The van der Waals surface area contributed by atoms with Crippen LogP contribution in [0.15, 0.2) is 28.9 Å². The summed E-state index contributed by atoms with van der Waals surface area (Å²) >= 11 is 0. The fourth-order valence-electron chi connectivity index (χ4n) is 1.96. The summed E-state index contributed by atoms with van der Waals surface area (Å²) < 4.78 is 11.0. The van der Waals surface area contributed by atoms with Crippen molar-refractivity contribution in [2.75, 3.05) is 0 Å². The molecular formula is C15H18N2O3. The Morgan fingerprint density at radius 3 is 2.75 bits per heavy atom. The largest absolute Gasteiger partial charge is 0.485 e. The minimum absolute atomic E-state index is 0.265. The topological polar surface area (TPSA) is 77.5 Å². The van der Waals surface area contributed by atoms with Gasteiger partial charge >= 0.3 is 0 Å². The number of nitrogen functional groups attached to an aromatic ring is 1. The van der Waals surface area contributed by atoms with Crippen LogP contribution < -0.4 is 16.0 Å². The molecule has 0 bridgehead atoms. The zero-order chi connectivity index (χ0) is 14.7. The molecular weight excluding hydrogens is 256 g/mol. The quantitative estimate of drug-likeness (QED) is 0.510. The molecule has 3 N–H and O–H groups in total. The number of carbonyl (C=O) groups excluding carboxylic acids is 1. The van der Waals surface area contributed by atoms with Gasteiger partial charge in [0.15, 0.2) is 0 Å². The van der Waals surface area contributed by atoms with Gasteiger partial charge in [-0.2, -0.15) is 0 Å². The van der Waals surface area contributed by atoms with Crippen molar-refractivity contribution in [1.82, 2.24) is 5.43 Å². The number of hydrogen-bond donors (Lipinski definition) is 2. The van der Waals surface area contributed by atoms with E-state index < -0.39 is 0 Å². The van der Waals surface area contributed by atoms with Crippen LogP contribution in [-0.2, 0) is 6.61 Å². The molecule has 0 radical (unpaired) electrons. The molecule has 0 saturated heterocycles. The van der Waals surface area contributed by atoms with Gasteiger partial charge < -0.3 is 9.15 Å². The number of furan rings is 1. The Labute approximate surface area is 117 Å². The van der Waals surface area contributed by atoms with Crippen LogP contribution in [0, 0.1) is 20.8 Å². The predicted molar refractivity (Wildman–Crippen MR) is 75.3 cm³/mol. The first-order chi connectivity index (χ1) is 9.51. The Hall–Kier alpha value is -2.27. The van der Waals surface area contributed by atoms with Crippen molar-refractivity contribution in [2.45, 2.75) is 27.4 Å². The number of benzene rings is 1. The van der Waals surface area contributed by atoms with E-state index in [-0.39, 0.29) is 12.5 Å². The van der Waals surface area contributed by atoms with E-state index in [0.717, 1.165) is 16.9 Å². The average molecular weight is 274 g/mol. The maximum Gasteiger partial charge on any atom is 0.268 e. The lowest BCUT2D eigenvalue weighted by Gasteiger charge is -2.11. The molecule has 1 amide bonds. The van der Waals surface area contributed by atoms with Gasteiger partial charge in [-0.1, -0.05) is 6.07 Å². The molecule has 0 aliphatic rings. The van der Waals surface area contributed by atoms with Crippen molar-refractivity contribution in [3.05, 3.63) is 52.5 Å². The van der Waals surface area contributed by atoms with E-state index in [1.807, 2.05) is 26.8 Å². The molecule has 1 heterocycles. The van der Waals surface area contributed by atoms with E-state index in [1.165, 1.54) is 11.8 Å². The molecule has 0 aliphatic carbocycles. The molecule has 0 unspecified atom stereocenters. The summed E-state index contributed by atoms with van der Waals surface area (Å²) in [4.78, 5) is 11.3. The summed E-state index contributed by atoms with van der Waals surface area (Å²) in [5.74, 6) is 6.07. The van der Waals surface area contributed by atoms with Crippen molar-refractivity contribution >= 4 is 5.91 Å². The first-order valence-corrected chi connectivity index (χ1v) is 6.30. The number of nitrogens with one attached hydrogen (secondary N) is 1. The van der Waals surface area contributed by atoms with Crippen LogP contribution in [0.2, 0.25) is 0 Å². The maximum absolute atomic E-state index is 11.3. The van der Waals surface area contributed by atoms with Gasteiger partial charge in [-0.3, -0.25) is 10.2 Å². The van der Waals surface area contributed by atoms with E-state index >= 15 is 0 Å². The lowest BCUT2D eigenvalue weighted by molar-refractivity contribution is 0.0953. The number of hydrogen-bond acceptors (Lipinski definition) is 4. The number of ether oxygens (including phenoxy) is 1. The number of rotatable bonds is 4. The minimum Gasteiger partial charge on any atom is -0.485 e. The van der Waals surface area contributed by atoms with Crippen molar-refractivity contribution in [1.29, 1.82) is 0 Å². The fourth-order valence-corrected chi connectivity index (χ4v) is 1.96. The van der Waals surface area contributed by atoms with E-state index in [2.05, 4.69) is 11.5 Å². The van der Waals surface area contributed by atoms with Crippen LogP contribution in [0.1, 0.15) is 32.8 Å². The van der Waals surface area contributed by atoms with Crippen LogP contribution in [0.3, 0.4) is 0 Å². The van der Waals surface area contributed by atoms with Gasteiger partial charge in [-0.05, 0) is 49.6 Å². The zero-order valence-electron chi connectivity index (χ0n) is 11.8. The number of carbonyl (C=O) groups is 1. The Balaban J connectivity index is 2.09. The van der Waals surface area contributed by atoms with E-state index in [0.29, 0.717) is 11.3 Å². The molecule has 0 aliphatic heterocycles. The molecule has 0 saturated carbocycles. The average Bonchev–Trinajstić information content (AvgIpc) is 2.89. The number of nitrogens with two attached hydrogens (primary N) is 1. The second kappa shape index (κ2) is 5.79. The highest BCUT2D eigenvalue weighted by atomic mass is 16.5. The molecule has 0 spiro atoms. The Bertz CT molecular complexity index is 632. The highest BCUT2D eigenvalue weighted by Gasteiger charge is 2.10.